The van der Waals surface area contributed by atoms with Crippen molar-refractivity contribution in [2.75, 3.05) is 22.6 Å². The van der Waals surface area contributed by atoms with Crippen LogP contribution in [0.4, 0.5) is 10.1 Å². The zero-order valence-corrected chi connectivity index (χ0v) is 16.0. The van der Waals surface area contributed by atoms with Crippen LogP contribution in [0.5, 0.6) is 0 Å². The van der Waals surface area contributed by atoms with Crippen LogP contribution in [0, 0.1) is 12.7 Å². The van der Waals surface area contributed by atoms with E-state index in [0.29, 0.717) is 28.7 Å². The predicted molar refractivity (Wildman–Crippen MR) is 97.5 cm³/mol. The molecule has 1 N–H and O–H groups in total. The molecule has 1 aromatic carbocycles. The monoisotopic (exact) mass is 398 g/mol. The summed E-state index contributed by atoms with van der Waals surface area (Å²) in [7, 11) is -1.24. The molecular formula is C16H19FN4O3S2. The first-order valence-corrected chi connectivity index (χ1v) is 10.8. The maximum absolute atomic E-state index is 13.5. The molecule has 1 amide bonds. The van der Waals surface area contributed by atoms with Crippen molar-refractivity contribution in [3.63, 3.8) is 0 Å². The standard InChI is InChI=1S/C16H19FN4O3S2/c1-10-3-4-12(7-13(10)17)18-14(22)8-25-16-20-19-15(21(16)2)11-5-6-26(23,24)9-11/h3-4,7,11H,5-6,8-9H2,1-2H3,(H,18,22)/t11-/m0/s1. The SMILES string of the molecule is Cc1ccc(NC(=O)CSc2nnc([C@H]3CCS(=O)(=O)C3)n2C)cc1F. The fourth-order valence-corrected chi connectivity index (χ4v) is 5.26. The highest BCUT2D eigenvalue weighted by Gasteiger charge is 2.32. The van der Waals surface area contributed by atoms with E-state index < -0.39 is 9.84 Å². The van der Waals surface area contributed by atoms with Crippen LogP contribution in [0.25, 0.3) is 0 Å². The molecule has 0 bridgehead atoms. The maximum atomic E-state index is 13.5. The van der Waals surface area contributed by atoms with Crippen molar-refractivity contribution in [1.82, 2.24) is 14.8 Å². The third-order valence-electron chi connectivity index (χ3n) is 4.25. The quantitative estimate of drug-likeness (QED) is 0.773. The zero-order valence-electron chi connectivity index (χ0n) is 14.4. The number of nitrogens with zero attached hydrogens (tertiary/aromatic N) is 3. The number of benzene rings is 1. The lowest BCUT2D eigenvalue weighted by molar-refractivity contribution is -0.113. The molecule has 1 aromatic heterocycles. The number of sulfone groups is 1. The number of anilines is 1. The van der Waals surface area contributed by atoms with Gasteiger partial charge >= 0.3 is 0 Å². The Labute approximate surface area is 155 Å². The maximum Gasteiger partial charge on any atom is 0.234 e. The van der Waals surface area contributed by atoms with Gasteiger partial charge in [-0.25, -0.2) is 12.8 Å². The number of hydrogen-bond donors (Lipinski definition) is 1. The van der Waals surface area contributed by atoms with Gasteiger partial charge in [0.15, 0.2) is 15.0 Å². The Morgan fingerprint density at radius 2 is 2.19 bits per heavy atom. The normalized spacial score (nSPS) is 18.8. The van der Waals surface area contributed by atoms with Gasteiger partial charge in [0, 0.05) is 18.7 Å². The molecule has 0 unspecified atom stereocenters. The third-order valence-corrected chi connectivity index (χ3v) is 7.04. The second kappa shape index (κ2) is 7.36. The van der Waals surface area contributed by atoms with Crippen molar-refractivity contribution in [3.8, 4) is 0 Å². The highest BCUT2D eigenvalue weighted by molar-refractivity contribution is 7.99. The number of hydrogen-bond acceptors (Lipinski definition) is 6. The van der Waals surface area contributed by atoms with E-state index in [1.807, 2.05) is 0 Å². The second-order valence-corrected chi connectivity index (χ2v) is 9.47. The third kappa shape index (κ3) is 4.24. The van der Waals surface area contributed by atoms with Gasteiger partial charge in [-0.15, -0.1) is 10.2 Å². The van der Waals surface area contributed by atoms with Crippen LogP contribution in [0.2, 0.25) is 0 Å². The number of carbonyl (C=O) groups is 1. The van der Waals surface area contributed by atoms with Gasteiger partial charge in [-0.05, 0) is 31.0 Å². The number of aryl methyl sites for hydroxylation is 1. The Kier molecular flexibility index (Phi) is 5.33. The molecule has 3 rings (SSSR count). The Morgan fingerprint density at radius 3 is 2.85 bits per heavy atom. The second-order valence-electron chi connectivity index (χ2n) is 6.30. The van der Waals surface area contributed by atoms with E-state index in [2.05, 4.69) is 15.5 Å². The molecule has 2 heterocycles. The van der Waals surface area contributed by atoms with E-state index in [9.17, 15) is 17.6 Å². The van der Waals surface area contributed by atoms with Crippen LogP contribution in [0.1, 0.15) is 23.7 Å². The number of aromatic nitrogens is 3. The predicted octanol–water partition coefficient (Wildman–Crippen LogP) is 1.90. The lowest BCUT2D eigenvalue weighted by Crippen LogP contribution is -2.15. The Balaban J connectivity index is 1.59. The Bertz CT molecular complexity index is 943. The average Bonchev–Trinajstić information content (AvgIpc) is 3.11. The first-order valence-electron chi connectivity index (χ1n) is 8.03. The molecule has 1 aliphatic rings. The molecular weight excluding hydrogens is 379 g/mol. The fourth-order valence-electron chi connectivity index (χ4n) is 2.80. The summed E-state index contributed by atoms with van der Waals surface area (Å²) < 4.78 is 38.5. The largest absolute Gasteiger partial charge is 0.325 e. The first-order chi connectivity index (χ1) is 12.2. The molecule has 0 aliphatic carbocycles. The van der Waals surface area contributed by atoms with E-state index >= 15 is 0 Å². The fraction of sp³-hybridized carbons (Fsp3) is 0.438. The molecule has 1 saturated heterocycles. The van der Waals surface area contributed by atoms with Crippen molar-refractivity contribution in [2.24, 2.45) is 7.05 Å². The Hall–Kier alpha value is -1.94. The van der Waals surface area contributed by atoms with Gasteiger partial charge in [0.2, 0.25) is 5.91 Å². The van der Waals surface area contributed by atoms with Gasteiger partial charge in [-0.3, -0.25) is 4.79 Å². The van der Waals surface area contributed by atoms with E-state index in [4.69, 9.17) is 0 Å². The van der Waals surface area contributed by atoms with E-state index in [0.717, 1.165) is 0 Å². The summed E-state index contributed by atoms with van der Waals surface area (Å²) in [5, 5.41) is 11.3. The molecule has 26 heavy (non-hydrogen) atoms. The summed E-state index contributed by atoms with van der Waals surface area (Å²) in [6, 6.07) is 4.52. The van der Waals surface area contributed by atoms with Crippen molar-refractivity contribution >= 4 is 33.2 Å². The van der Waals surface area contributed by atoms with Crippen LogP contribution < -0.4 is 5.32 Å². The molecule has 10 heteroatoms. The smallest absolute Gasteiger partial charge is 0.234 e. The molecule has 140 valence electrons. The number of halogens is 1. The average molecular weight is 398 g/mol. The summed E-state index contributed by atoms with van der Waals surface area (Å²) in [4.78, 5) is 12.1. The molecule has 1 aliphatic heterocycles. The van der Waals surface area contributed by atoms with Crippen LogP contribution in [0.3, 0.4) is 0 Å². The minimum atomic E-state index is -3.00. The van der Waals surface area contributed by atoms with Crippen LogP contribution in [0.15, 0.2) is 23.4 Å². The number of rotatable bonds is 5. The van der Waals surface area contributed by atoms with Gasteiger partial charge < -0.3 is 9.88 Å². The summed E-state index contributed by atoms with van der Waals surface area (Å²) in [6.07, 6.45) is 0.540. The minimum Gasteiger partial charge on any atom is -0.325 e. The summed E-state index contributed by atoms with van der Waals surface area (Å²) in [5.74, 6) is 0.146. The van der Waals surface area contributed by atoms with Crippen LogP contribution in [-0.4, -0.2) is 46.3 Å². The van der Waals surface area contributed by atoms with E-state index in [1.165, 1.54) is 17.8 Å². The van der Waals surface area contributed by atoms with Crippen LogP contribution in [-0.2, 0) is 21.7 Å². The lowest BCUT2D eigenvalue weighted by Gasteiger charge is -2.08. The first kappa shape index (κ1) is 18.8. The van der Waals surface area contributed by atoms with E-state index in [-0.39, 0.29) is 34.9 Å². The number of amides is 1. The zero-order chi connectivity index (χ0) is 18.9. The van der Waals surface area contributed by atoms with Gasteiger partial charge in [-0.1, -0.05) is 17.8 Å². The molecule has 0 saturated carbocycles. The molecule has 1 atom stereocenters. The van der Waals surface area contributed by atoms with Gasteiger partial charge in [0.25, 0.3) is 0 Å². The summed E-state index contributed by atoms with van der Waals surface area (Å²) in [5.41, 5.74) is 0.909. The molecule has 1 fully saturated rings. The number of carbonyl (C=O) groups excluding carboxylic acids is 1. The Morgan fingerprint density at radius 1 is 1.42 bits per heavy atom. The summed E-state index contributed by atoms with van der Waals surface area (Å²) in [6.45, 7) is 1.65. The van der Waals surface area contributed by atoms with Gasteiger partial charge in [-0.2, -0.15) is 0 Å². The molecule has 7 nitrogen and oxygen atoms in total. The van der Waals surface area contributed by atoms with Crippen molar-refractivity contribution in [1.29, 1.82) is 0 Å². The molecule has 0 radical (unpaired) electrons. The number of nitrogens with one attached hydrogen (secondary N) is 1. The topological polar surface area (TPSA) is 94.0 Å². The number of thioether (sulfide) groups is 1. The molecule has 0 spiro atoms. The van der Waals surface area contributed by atoms with Gasteiger partial charge in [0.05, 0.1) is 17.3 Å². The minimum absolute atomic E-state index is 0.0864. The van der Waals surface area contributed by atoms with Crippen molar-refractivity contribution in [2.45, 2.75) is 24.4 Å². The van der Waals surface area contributed by atoms with E-state index in [1.54, 1.807) is 30.7 Å². The van der Waals surface area contributed by atoms with Crippen molar-refractivity contribution < 1.29 is 17.6 Å². The molecule has 2 aromatic rings. The lowest BCUT2D eigenvalue weighted by atomic mass is 10.1. The van der Waals surface area contributed by atoms with Gasteiger partial charge in [0.1, 0.15) is 11.6 Å². The highest BCUT2D eigenvalue weighted by Crippen LogP contribution is 2.29. The van der Waals surface area contributed by atoms with Crippen molar-refractivity contribution in [3.05, 3.63) is 35.4 Å². The van der Waals surface area contributed by atoms with Crippen LogP contribution >= 0.6 is 11.8 Å². The summed E-state index contributed by atoms with van der Waals surface area (Å²) >= 11 is 1.20. The highest BCUT2D eigenvalue weighted by atomic mass is 32.2.